The van der Waals surface area contributed by atoms with Gasteiger partial charge in [-0.15, -0.1) is 0 Å². The smallest absolute Gasteiger partial charge is 0.143 e. The molecule has 0 amide bonds. The molecule has 3 aromatic heterocycles. The molecule has 0 fully saturated rings. The Hall–Kier alpha value is -3.22. The monoisotopic (exact) mass is 354 g/mol. The molecule has 1 aromatic carbocycles. The van der Waals surface area contributed by atoms with E-state index in [1.165, 1.54) is 12.1 Å². The minimum Gasteiger partial charge on any atom is -0.491 e. The Morgan fingerprint density at radius 1 is 1.15 bits per heavy atom. The minimum atomic E-state index is -0.632. The molecule has 0 radical (unpaired) electrons. The van der Waals surface area contributed by atoms with Gasteiger partial charge in [0.15, 0.2) is 0 Å². The molecule has 0 aliphatic heterocycles. The maximum atomic E-state index is 13.8. The second-order valence-corrected chi connectivity index (χ2v) is 5.86. The summed E-state index contributed by atoms with van der Waals surface area (Å²) in [6.07, 6.45) is 3.56. The highest BCUT2D eigenvalue weighted by Gasteiger charge is 2.10. The standard InChI is InChI=1S/C19H16F2N4O/c1-25-17-4-6-22-11-16(17)15-2-3-18(24-19(15)25)23-13-8-12(21)9-14(10-13)26-7-5-20/h2-4,6,8-11H,5,7H2,1H3,(H,23,24). The Balaban J connectivity index is 1.70. The number of rotatable bonds is 5. The first-order chi connectivity index (χ1) is 12.7. The summed E-state index contributed by atoms with van der Waals surface area (Å²) in [5.74, 6) is 0.362. The molecule has 0 saturated heterocycles. The average molecular weight is 354 g/mol. The quantitative estimate of drug-likeness (QED) is 0.579. The third-order valence-electron chi connectivity index (χ3n) is 4.13. The van der Waals surface area contributed by atoms with Crippen LogP contribution in [0, 0.1) is 5.82 Å². The van der Waals surface area contributed by atoms with Gasteiger partial charge in [-0.3, -0.25) is 4.98 Å². The topological polar surface area (TPSA) is 52.0 Å². The van der Waals surface area contributed by atoms with E-state index in [0.717, 1.165) is 21.9 Å². The molecule has 1 N–H and O–H groups in total. The zero-order valence-corrected chi connectivity index (χ0v) is 14.0. The van der Waals surface area contributed by atoms with Crippen molar-refractivity contribution in [3.05, 3.63) is 54.6 Å². The molecule has 4 rings (SSSR count). The number of nitrogens with one attached hydrogen (secondary N) is 1. The summed E-state index contributed by atoms with van der Waals surface area (Å²) in [6, 6.07) is 9.87. The Bertz CT molecular complexity index is 1090. The molecule has 0 saturated carbocycles. The summed E-state index contributed by atoms with van der Waals surface area (Å²) in [7, 11) is 1.94. The van der Waals surface area contributed by atoms with Gasteiger partial charge in [-0.05, 0) is 24.3 Å². The van der Waals surface area contributed by atoms with Crippen LogP contribution >= 0.6 is 0 Å². The predicted octanol–water partition coefficient (Wildman–Crippen LogP) is 4.35. The molecule has 5 nitrogen and oxygen atoms in total. The van der Waals surface area contributed by atoms with Gasteiger partial charge in [0.25, 0.3) is 0 Å². The molecular formula is C19H16F2N4O. The highest BCUT2D eigenvalue weighted by molar-refractivity contribution is 6.06. The van der Waals surface area contributed by atoms with Gasteiger partial charge in [-0.2, -0.15) is 0 Å². The Labute approximate surface area is 148 Å². The second-order valence-electron chi connectivity index (χ2n) is 5.86. The molecule has 0 bridgehead atoms. The van der Waals surface area contributed by atoms with E-state index in [0.29, 0.717) is 11.5 Å². The lowest BCUT2D eigenvalue weighted by Crippen LogP contribution is -2.01. The zero-order chi connectivity index (χ0) is 18.1. The highest BCUT2D eigenvalue weighted by Crippen LogP contribution is 2.29. The molecule has 3 heterocycles. The Morgan fingerprint density at radius 2 is 2.04 bits per heavy atom. The average Bonchev–Trinajstić information content (AvgIpc) is 2.92. The second kappa shape index (κ2) is 6.59. The van der Waals surface area contributed by atoms with E-state index < -0.39 is 12.5 Å². The van der Waals surface area contributed by atoms with Gasteiger partial charge in [0.2, 0.25) is 0 Å². The first-order valence-electron chi connectivity index (χ1n) is 8.11. The summed E-state index contributed by atoms with van der Waals surface area (Å²) >= 11 is 0. The van der Waals surface area contributed by atoms with Crippen molar-refractivity contribution in [1.82, 2.24) is 14.5 Å². The Kier molecular flexibility index (Phi) is 4.12. The van der Waals surface area contributed by atoms with Crippen LogP contribution in [0.25, 0.3) is 21.9 Å². The number of pyridine rings is 2. The van der Waals surface area contributed by atoms with Gasteiger partial charge < -0.3 is 14.6 Å². The third-order valence-corrected chi connectivity index (χ3v) is 4.13. The number of ether oxygens (including phenoxy) is 1. The van der Waals surface area contributed by atoms with E-state index in [1.807, 2.05) is 36.0 Å². The van der Waals surface area contributed by atoms with Gasteiger partial charge in [0.1, 0.15) is 36.3 Å². The lowest BCUT2D eigenvalue weighted by atomic mass is 10.2. The molecule has 0 atom stereocenters. The molecular weight excluding hydrogens is 338 g/mol. The van der Waals surface area contributed by atoms with Crippen LogP contribution < -0.4 is 10.1 Å². The number of benzene rings is 1. The summed E-state index contributed by atoms with van der Waals surface area (Å²) in [5.41, 5.74) is 2.31. The molecule has 0 aliphatic carbocycles. The van der Waals surface area contributed by atoms with Crippen LogP contribution in [-0.4, -0.2) is 27.8 Å². The molecule has 7 heteroatoms. The van der Waals surface area contributed by atoms with E-state index in [2.05, 4.69) is 15.3 Å². The van der Waals surface area contributed by atoms with E-state index in [4.69, 9.17) is 4.74 Å². The van der Waals surface area contributed by atoms with Crippen LogP contribution in [0.15, 0.2) is 48.8 Å². The van der Waals surface area contributed by atoms with Crippen LogP contribution in [0.4, 0.5) is 20.3 Å². The van der Waals surface area contributed by atoms with Gasteiger partial charge in [0.05, 0.1) is 5.52 Å². The van der Waals surface area contributed by atoms with Crippen LogP contribution in [0.5, 0.6) is 5.75 Å². The van der Waals surface area contributed by atoms with Crippen LogP contribution in [0.1, 0.15) is 0 Å². The molecule has 26 heavy (non-hydrogen) atoms. The van der Waals surface area contributed by atoms with Gasteiger partial charge in [0, 0.05) is 48.0 Å². The van der Waals surface area contributed by atoms with Crippen molar-refractivity contribution < 1.29 is 13.5 Å². The van der Waals surface area contributed by atoms with Crippen molar-refractivity contribution in [3.8, 4) is 5.75 Å². The van der Waals surface area contributed by atoms with E-state index in [9.17, 15) is 8.78 Å². The summed E-state index contributed by atoms with van der Waals surface area (Å²) < 4.78 is 33.2. The number of halogens is 2. The third kappa shape index (κ3) is 2.92. The number of alkyl halides is 1. The number of fused-ring (bicyclic) bond motifs is 3. The molecule has 132 valence electrons. The maximum Gasteiger partial charge on any atom is 0.143 e. The first-order valence-corrected chi connectivity index (χ1v) is 8.11. The fraction of sp³-hybridized carbons (Fsp3) is 0.158. The zero-order valence-electron chi connectivity index (χ0n) is 14.0. The van der Waals surface area contributed by atoms with Crippen molar-refractivity contribution in [2.24, 2.45) is 7.05 Å². The number of nitrogens with zero attached hydrogens (tertiary/aromatic N) is 3. The summed E-state index contributed by atoms with van der Waals surface area (Å²) in [5, 5.41) is 5.09. The van der Waals surface area contributed by atoms with Gasteiger partial charge >= 0.3 is 0 Å². The number of aryl methyl sites for hydroxylation is 1. The molecule has 0 aliphatic rings. The normalized spacial score (nSPS) is 11.2. The van der Waals surface area contributed by atoms with Crippen LogP contribution in [0.2, 0.25) is 0 Å². The number of anilines is 2. The van der Waals surface area contributed by atoms with Crippen molar-refractivity contribution in [1.29, 1.82) is 0 Å². The molecule has 4 aromatic rings. The van der Waals surface area contributed by atoms with Crippen LogP contribution in [-0.2, 0) is 7.05 Å². The number of aromatic nitrogens is 3. The summed E-state index contributed by atoms with van der Waals surface area (Å²) in [6.45, 7) is -0.746. The van der Waals surface area contributed by atoms with Crippen molar-refractivity contribution >= 4 is 33.4 Å². The number of hydrogen-bond acceptors (Lipinski definition) is 4. The van der Waals surface area contributed by atoms with Crippen molar-refractivity contribution in [3.63, 3.8) is 0 Å². The highest BCUT2D eigenvalue weighted by atomic mass is 19.1. The van der Waals surface area contributed by atoms with E-state index in [1.54, 1.807) is 12.3 Å². The van der Waals surface area contributed by atoms with Gasteiger partial charge in [-0.1, -0.05) is 0 Å². The molecule has 0 spiro atoms. The van der Waals surface area contributed by atoms with Gasteiger partial charge in [-0.25, -0.2) is 13.8 Å². The van der Waals surface area contributed by atoms with Crippen LogP contribution in [0.3, 0.4) is 0 Å². The Morgan fingerprint density at radius 3 is 2.88 bits per heavy atom. The SMILES string of the molecule is Cn1c2ccncc2c2ccc(Nc3cc(F)cc(OCCF)c3)nc21. The number of hydrogen-bond donors (Lipinski definition) is 1. The van der Waals surface area contributed by atoms with Crippen molar-refractivity contribution in [2.75, 3.05) is 18.6 Å². The molecule has 0 unspecified atom stereocenters. The van der Waals surface area contributed by atoms with E-state index in [-0.39, 0.29) is 12.4 Å². The fourth-order valence-corrected chi connectivity index (χ4v) is 3.01. The lowest BCUT2D eigenvalue weighted by Gasteiger charge is -2.09. The largest absolute Gasteiger partial charge is 0.491 e. The first kappa shape index (κ1) is 16.3. The fourth-order valence-electron chi connectivity index (χ4n) is 3.01. The lowest BCUT2D eigenvalue weighted by molar-refractivity contribution is 0.272. The van der Waals surface area contributed by atoms with E-state index >= 15 is 0 Å². The predicted molar refractivity (Wildman–Crippen MR) is 97.2 cm³/mol. The maximum absolute atomic E-state index is 13.8. The van der Waals surface area contributed by atoms with Crippen molar-refractivity contribution in [2.45, 2.75) is 0 Å². The minimum absolute atomic E-state index is 0.114. The summed E-state index contributed by atoms with van der Waals surface area (Å²) in [4.78, 5) is 8.80.